The first-order chi connectivity index (χ1) is 10.3. The predicted octanol–water partition coefficient (Wildman–Crippen LogP) is 2.35. The largest absolute Gasteiger partial charge is 0.488 e. The molecule has 114 valence electrons. The molecule has 2 saturated heterocycles. The number of fused-ring (bicyclic) bond motifs is 1. The van der Waals surface area contributed by atoms with Crippen molar-refractivity contribution >= 4 is 0 Å². The second-order valence-electron chi connectivity index (χ2n) is 6.60. The van der Waals surface area contributed by atoms with Crippen LogP contribution < -0.4 is 10.1 Å². The van der Waals surface area contributed by atoms with Gasteiger partial charge in [0.2, 0.25) is 0 Å². The van der Waals surface area contributed by atoms with Crippen molar-refractivity contribution in [2.24, 2.45) is 0 Å². The van der Waals surface area contributed by atoms with E-state index in [0.29, 0.717) is 12.1 Å². The lowest BCUT2D eigenvalue weighted by Gasteiger charge is -2.31. The number of halogens is 1. The van der Waals surface area contributed by atoms with Gasteiger partial charge in [-0.05, 0) is 57.0 Å². The van der Waals surface area contributed by atoms with Crippen LogP contribution in [0.5, 0.6) is 5.75 Å². The Morgan fingerprint density at radius 3 is 3.10 bits per heavy atom. The van der Waals surface area contributed by atoms with E-state index in [1.54, 1.807) is 12.1 Å². The van der Waals surface area contributed by atoms with Crippen LogP contribution in [0.1, 0.15) is 31.2 Å². The van der Waals surface area contributed by atoms with Crippen molar-refractivity contribution in [2.45, 2.75) is 50.3 Å². The van der Waals surface area contributed by atoms with E-state index in [2.05, 4.69) is 10.2 Å². The van der Waals surface area contributed by atoms with Gasteiger partial charge in [-0.3, -0.25) is 4.90 Å². The molecule has 3 nitrogen and oxygen atoms in total. The van der Waals surface area contributed by atoms with E-state index < -0.39 is 0 Å². The van der Waals surface area contributed by atoms with Gasteiger partial charge >= 0.3 is 0 Å². The summed E-state index contributed by atoms with van der Waals surface area (Å²) < 4.78 is 19.3. The maximum absolute atomic E-state index is 13.3. The number of benzene rings is 1. The number of hydrogen-bond donors (Lipinski definition) is 1. The molecule has 0 radical (unpaired) electrons. The van der Waals surface area contributed by atoms with Crippen LogP contribution >= 0.6 is 0 Å². The summed E-state index contributed by atoms with van der Waals surface area (Å²) in [7, 11) is 0. The number of likely N-dealkylation sites (tertiary alicyclic amines) is 1. The van der Waals surface area contributed by atoms with Crippen molar-refractivity contribution in [3.05, 3.63) is 29.6 Å². The summed E-state index contributed by atoms with van der Waals surface area (Å²) in [4.78, 5) is 2.59. The van der Waals surface area contributed by atoms with Gasteiger partial charge in [-0.1, -0.05) is 0 Å². The normalized spacial score (nSPS) is 32.3. The van der Waals surface area contributed by atoms with Crippen LogP contribution in [0.2, 0.25) is 0 Å². The van der Waals surface area contributed by atoms with E-state index >= 15 is 0 Å². The molecule has 0 saturated carbocycles. The van der Waals surface area contributed by atoms with Crippen molar-refractivity contribution in [3.8, 4) is 5.75 Å². The van der Waals surface area contributed by atoms with Crippen LogP contribution in [0.4, 0.5) is 4.39 Å². The van der Waals surface area contributed by atoms with Crippen LogP contribution in [0.15, 0.2) is 18.2 Å². The molecule has 1 N–H and O–H groups in total. The molecule has 0 spiro atoms. The lowest BCUT2D eigenvalue weighted by molar-refractivity contribution is 0.128. The van der Waals surface area contributed by atoms with E-state index in [1.807, 2.05) is 0 Å². The maximum Gasteiger partial charge on any atom is 0.123 e. The van der Waals surface area contributed by atoms with Crippen LogP contribution in [0.3, 0.4) is 0 Å². The fourth-order valence-corrected chi connectivity index (χ4v) is 4.23. The number of hydrogen-bond acceptors (Lipinski definition) is 3. The Morgan fingerprint density at radius 2 is 2.24 bits per heavy atom. The molecule has 2 fully saturated rings. The van der Waals surface area contributed by atoms with E-state index in [0.717, 1.165) is 24.3 Å². The van der Waals surface area contributed by atoms with Crippen molar-refractivity contribution in [2.75, 3.05) is 19.6 Å². The molecular formula is C17H23FN2O. The Balaban J connectivity index is 1.40. The summed E-state index contributed by atoms with van der Waals surface area (Å²) in [5.74, 6) is 0.711. The molecule has 0 aromatic heterocycles. The highest BCUT2D eigenvalue weighted by Gasteiger charge is 2.35. The molecule has 1 aromatic rings. The van der Waals surface area contributed by atoms with Gasteiger partial charge in [0.25, 0.3) is 0 Å². The third-order valence-electron chi connectivity index (χ3n) is 5.18. The predicted molar refractivity (Wildman–Crippen MR) is 80.1 cm³/mol. The molecule has 3 heterocycles. The number of rotatable bonds is 3. The van der Waals surface area contributed by atoms with Gasteiger partial charge in [0.05, 0.1) is 0 Å². The second-order valence-corrected chi connectivity index (χ2v) is 6.60. The van der Waals surface area contributed by atoms with E-state index in [-0.39, 0.29) is 11.9 Å². The van der Waals surface area contributed by atoms with Crippen LogP contribution in [-0.4, -0.2) is 42.7 Å². The van der Waals surface area contributed by atoms with Gasteiger partial charge < -0.3 is 10.1 Å². The molecule has 3 aliphatic rings. The molecule has 3 unspecified atom stereocenters. The summed E-state index contributed by atoms with van der Waals surface area (Å²) >= 11 is 0. The zero-order valence-electron chi connectivity index (χ0n) is 12.4. The highest BCUT2D eigenvalue weighted by Crippen LogP contribution is 2.31. The molecule has 1 aromatic carbocycles. The first-order valence-electron chi connectivity index (χ1n) is 8.22. The average Bonchev–Trinajstić information content (AvgIpc) is 3.16. The van der Waals surface area contributed by atoms with Gasteiger partial charge in [-0.15, -0.1) is 0 Å². The minimum absolute atomic E-state index is 0.160. The zero-order chi connectivity index (χ0) is 14.2. The van der Waals surface area contributed by atoms with Crippen molar-refractivity contribution in [1.29, 1.82) is 0 Å². The summed E-state index contributed by atoms with van der Waals surface area (Å²) in [6.45, 7) is 3.31. The summed E-state index contributed by atoms with van der Waals surface area (Å²) in [5, 5.41) is 3.65. The Hall–Kier alpha value is -1.13. The molecule has 4 heteroatoms. The van der Waals surface area contributed by atoms with Crippen LogP contribution in [-0.2, 0) is 6.42 Å². The van der Waals surface area contributed by atoms with Crippen molar-refractivity contribution < 1.29 is 9.13 Å². The quantitative estimate of drug-likeness (QED) is 0.925. The van der Waals surface area contributed by atoms with Gasteiger partial charge in [0.1, 0.15) is 17.7 Å². The third-order valence-corrected chi connectivity index (χ3v) is 5.18. The summed E-state index contributed by atoms with van der Waals surface area (Å²) in [6.07, 6.45) is 6.22. The zero-order valence-corrected chi connectivity index (χ0v) is 12.4. The highest BCUT2D eigenvalue weighted by atomic mass is 19.1. The molecule has 0 amide bonds. The average molecular weight is 290 g/mol. The van der Waals surface area contributed by atoms with E-state index in [1.165, 1.54) is 44.8 Å². The maximum atomic E-state index is 13.3. The lowest BCUT2D eigenvalue weighted by Crippen LogP contribution is -2.47. The summed E-state index contributed by atoms with van der Waals surface area (Å²) in [5.41, 5.74) is 1.02. The first kappa shape index (κ1) is 13.5. The monoisotopic (exact) mass is 290 g/mol. The van der Waals surface area contributed by atoms with E-state index in [9.17, 15) is 4.39 Å². The van der Waals surface area contributed by atoms with Crippen LogP contribution in [0, 0.1) is 5.82 Å². The number of ether oxygens (including phenoxy) is 1. The Labute approximate surface area is 125 Å². The Kier molecular flexibility index (Phi) is 3.59. The van der Waals surface area contributed by atoms with Gasteiger partial charge in [0, 0.05) is 30.6 Å². The SMILES string of the molecule is Fc1ccc2c(c1)CC(CN1CCCC1C1CCCN1)O2. The summed E-state index contributed by atoms with van der Waals surface area (Å²) in [6, 6.07) is 6.20. The Morgan fingerprint density at radius 1 is 1.29 bits per heavy atom. The van der Waals surface area contributed by atoms with Crippen molar-refractivity contribution in [3.63, 3.8) is 0 Å². The second kappa shape index (κ2) is 5.58. The van der Waals surface area contributed by atoms with E-state index in [4.69, 9.17) is 4.74 Å². The van der Waals surface area contributed by atoms with Gasteiger partial charge in [0.15, 0.2) is 0 Å². The number of nitrogens with one attached hydrogen (secondary N) is 1. The smallest absolute Gasteiger partial charge is 0.123 e. The molecular weight excluding hydrogens is 267 g/mol. The molecule has 3 aliphatic heterocycles. The standard InChI is InChI=1S/C17H23FN2O/c18-13-5-6-17-12(9-13)10-14(21-17)11-20-8-2-4-16(20)15-3-1-7-19-15/h5-6,9,14-16,19H,1-4,7-8,10-11H2. The number of nitrogens with zero attached hydrogens (tertiary/aromatic N) is 1. The molecule has 21 heavy (non-hydrogen) atoms. The van der Waals surface area contributed by atoms with Crippen molar-refractivity contribution in [1.82, 2.24) is 10.2 Å². The first-order valence-corrected chi connectivity index (χ1v) is 8.22. The van der Waals surface area contributed by atoms with Gasteiger partial charge in [-0.25, -0.2) is 4.39 Å². The third kappa shape index (κ3) is 2.67. The molecule has 4 rings (SSSR count). The fraction of sp³-hybridized carbons (Fsp3) is 0.647. The highest BCUT2D eigenvalue weighted by molar-refractivity contribution is 5.38. The molecule has 3 atom stereocenters. The Bertz CT molecular complexity index is 516. The minimum atomic E-state index is -0.160. The minimum Gasteiger partial charge on any atom is -0.488 e. The fourth-order valence-electron chi connectivity index (χ4n) is 4.23. The van der Waals surface area contributed by atoms with Gasteiger partial charge in [-0.2, -0.15) is 0 Å². The lowest BCUT2D eigenvalue weighted by atomic mass is 10.0. The molecule has 0 aliphatic carbocycles. The van der Waals surface area contributed by atoms with Crippen LogP contribution in [0.25, 0.3) is 0 Å². The topological polar surface area (TPSA) is 24.5 Å². The molecule has 0 bridgehead atoms.